The van der Waals surface area contributed by atoms with E-state index in [0.29, 0.717) is 10.6 Å². The summed E-state index contributed by atoms with van der Waals surface area (Å²) in [4.78, 5) is 0. The van der Waals surface area contributed by atoms with E-state index in [-0.39, 0.29) is 29.6 Å². The molecule has 0 amide bonds. The van der Waals surface area contributed by atoms with E-state index < -0.39 is 10.0 Å². The Balaban J connectivity index is 2.55. The molecule has 5 nitrogen and oxygen atoms in total. The molecule has 0 saturated heterocycles. The van der Waals surface area contributed by atoms with E-state index in [2.05, 4.69) is 5.32 Å². The molecular formula is C11H16Cl2N2O3S. The molecule has 0 spiro atoms. The zero-order chi connectivity index (χ0) is 14.6. The highest BCUT2D eigenvalue weighted by atomic mass is 35.5. The summed E-state index contributed by atoms with van der Waals surface area (Å²) < 4.78 is 24.2. The third-order valence-corrected chi connectivity index (χ3v) is 4.85. The number of hydrogen-bond acceptors (Lipinski definition) is 4. The van der Waals surface area contributed by atoms with Crippen LogP contribution in [0, 0.1) is 0 Å². The Morgan fingerprint density at radius 2 is 1.95 bits per heavy atom. The van der Waals surface area contributed by atoms with Crippen LogP contribution >= 0.6 is 23.2 Å². The van der Waals surface area contributed by atoms with Crippen LogP contribution in [0.15, 0.2) is 12.1 Å². The normalized spacial score (nSPS) is 12.1. The number of rotatable bonds is 6. The van der Waals surface area contributed by atoms with E-state index >= 15 is 0 Å². The van der Waals surface area contributed by atoms with Gasteiger partial charge in [-0.15, -0.1) is 0 Å². The van der Waals surface area contributed by atoms with Gasteiger partial charge in [0.15, 0.2) is 0 Å². The first-order chi connectivity index (χ1) is 8.74. The smallest absolute Gasteiger partial charge is 0.214 e. The maximum atomic E-state index is 11.5. The molecule has 0 aliphatic heterocycles. The standard InChI is InChI=1S/C11H16Cl2N2O3S/c1-15(2)19(17,18)4-3-14-7-8-5-9(12)6-10(13)11(8)16/h5-6,14,16H,3-4,7H2,1-2H3. The number of nitrogens with one attached hydrogen (secondary N) is 1. The molecule has 1 rings (SSSR count). The average Bonchev–Trinajstić information content (AvgIpc) is 2.30. The van der Waals surface area contributed by atoms with Gasteiger partial charge in [-0.1, -0.05) is 23.2 Å². The largest absolute Gasteiger partial charge is 0.506 e. The quantitative estimate of drug-likeness (QED) is 0.780. The first-order valence-electron chi connectivity index (χ1n) is 5.52. The molecular weight excluding hydrogens is 311 g/mol. The maximum Gasteiger partial charge on any atom is 0.214 e. The number of phenols is 1. The molecule has 8 heteroatoms. The Hall–Kier alpha value is -0.530. The summed E-state index contributed by atoms with van der Waals surface area (Å²) in [6, 6.07) is 3.02. The number of hydrogen-bond donors (Lipinski definition) is 2. The van der Waals surface area contributed by atoms with Crippen LogP contribution in [0.2, 0.25) is 10.0 Å². The summed E-state index contributed by atoms with van der Waals surface area (Å²) >= 11 is 11.6. The summed E-state index contributed by atoms with van der Waals surface area (Å²) in [5.41, 5.74) is 0.528. The molecule has 0 unspecified atom stereocenters. The van der Waals surface area contributed by atoms with Crippen molar-refractivity contribution in [3.05, 3.63) is 27.7 Å². The zero-order valence-electron chi connectivity index (χ0n) is 10.7. The van der Waals surface area contributed by atoms with Gasteiger partial charge in [0, 0.05) is 37.8 Å². The Kier molecular flexibility index (Phi) is 5.88. The molecule has 0 aromatic heterocycles. The lowest BCUT2D eigenvalue weighted by Gasteiger charge is -2.12. The van der Waals surface area contributed by atoms with Crippen LogP contribution in [0.25, 0.3) is 0 Å². The number of nitrogens with zero attached hydrogens (tertiary/aromatic N) is 1. The molecule has 2 N–H and O–H groups in total. The van der Waals surface area contributed by atoms with Crippen LogP contribution in [0.3, 0.4) is 0 Å². The fourth-order valence-corrected chi connectivity index (χ4v) is 2.66. The van der Waals surface area contributed by atoms with Crippen molar-refractivity contribution < 1.29 is 13.5 Å². The van der Waals surface area contributed by atoms with E-state index in [1.54, 1.807) is 6.07 Å². The van der Waals surface area contributed by atoms with Crippen molar-refractivity contribution in [3.63, 3.8) is 0 Å². The first-order valence-corrected chi connectivity index (χ1v) is 7.88. The van der Waals surface area contributed by atoms with Crippen molar-refractivity contribution in [3.8, 4) is 5.75 Å². The van der Waals surface area contributed by atoms with Gasteiger partial charge in [0.2, 0.25) is 10.0 Å². The third kappa shape index (κ3) is 4.81. The molecule has 1 aromatic carbocycles. The first kappa shape index (κ1) is 16.5. The number of halogens is 2. The molecule has 0 fully saturated rings. The van der Waals surface area contributed by atoms with Gasteiger partial charge >= 0.3 is 0 Å². The van der Waals surface area contributed by atoms with Crippen LogP contribution < -0.4 is 5.32 Å². The van der Waals surface area contributed by atoms with E-state index in [1.807, 2.05) is 0 Å². The van der Waals surface area contributed by atoms with Crippen molar-refractivity contribution in [2.24, 2.45) is 0 Å². The Morgan fingerprint density at radius 1 is 1.32 bits per heavy atom. The maximum absolute atomic E-state index is 11.5. The van der Waals surface area contributed by atoms with Crippen LogP contribution in [0.4, 0.5) is 0 Å². The minimum atomic E-state index is -3.22. The minimum Gasteiger partial charge on any atom is -0.506 e. The minimum absolute atomic E-state index is 0.0188. The molecule has 0 atom stereocenters. The van der Waals surface area contributed by atoms with Crippen molar-refractivity contribution in [1.82, 2.24) is 9.62 Å². The predicted octanol–water partition coefficient (Wildman–Crippen LogP) is 1.68. The van der Waals surface area contributed by atoms with E-state index in [1.165, 1.54) is 24.5 Å². The number of sulfonamides is 1. The molecule has 0 radical (unpaired) electrons. The fourth-order valence-electron chi connectivity index (χ4n) is 1.36. The van der Waals surface area contributed by atoms with Gasteiger partial charge in [-0.3, -0.25) is 0 Å². The van der Waals surface area contributed by atoms with E-state index in [4.69, 9.17) is 23.2 Å². The fraction of sp³-hybridized carbons (Fsp3) is 0.455. The number of phenolic OH excluding ortho intramolecular Hbond substituents is 1. The Morgan fingerprint density at radius 3 is 2.53 bits per heavy atom. The lowest BCUT2D eigenvalue weighted by molar-refractivity contribution is 0.465. The Bertz CT molecular complexity index is 547. The lowest BCUT2D eigenvalue weighted by atomic mass is 10.2. The second-order valence-corrected chi connectivity index (χ2v) is 7.32. The summed E-state index contributed by atoms with van der Waals surface area (Å²) in [5.74, 6) is -0.0660. The van der Waals surface area contributed by atoms with Crippen molar-refractivity contribution in [1.29, 1.82) is 0 Å². The summed E-state index contributed by atoms with van der Waals surface area (Å²) in [7, 11) is -0.255. The SMILES string of the molecule is CN(C)S(=O)(=O)CCNCc1cc(Cl)cc(Cl)c1O. The number of benzene rings is 1. The summed E-state index contributed by atoms with van der Waals surface area (Å²) in [6.45, 7) is 0.555. The van der Waals surface area contributed by atoms with Gasteiger partial charge in [-0.2, -0.15) is 0 Å². The van der Waals surface area contributed by atoms with E-state index in [0.717, 1.165) is 0 Å². The lowest BCUT2D eigenvalue weighted by Crippen LogP contribution is -2.31. The molecule has 0 heterocycles. The van der Waals surface area contributed by atoms with Gasteiger partial charge in [0.25, 0.3) is 0 Å². The molecule has 0 bridgehead atoms. The van der Waals surface area contributed by atoms with Gasteiger partial charge < -0.3 is 10.4 Å². The van der Waals surface area contributed by atoms with Crippen molar-refractivity contribution in [2.75, 3.05) is 26.4 Å². The predicted molar refractivity (Wildman–Crippen MR) is 77.3 cm³/mol. The highest BCUT2D eigenvalue weighted by molar-refractivity contribution is 7.89. The van der Waals surface area contributed by atoms with Gasteiger partial charge in [-0.05, 0) is 12.1 Å². The number of aromatic hydroxyl groups is 1. The molecule has 19 heavy (non-hydrogen) atoms. The highest BCUT2D eigenvalue weighted by Crippen LogP contribution is 2.30. The van der Waals surface area contributed by atoms with Gasteiger partial charge in [0.05, 0.1) is 10.8 Å². The van der Waals surface area contributed by atoms with Crippen LogP contribution in [0.1, 0.15) is 5.56 Å². The third-order valence-electron chi connectivity index (χ3n) is 2.52. The zero-order valence-corrected chi connectivity index (χ0v) is 13.0. The molecule has 108 valence electrons. The van der Waals surface area contributed by atoms with Crippen LogP contribution in [0.5, 0.6) is 5.75 Å². The second-order valence-electron chi connectivity index (χ2n) is 4.17. The second kappa shape index (κ2) is 6.76. The highest BCUT2D eigenvalue weighted by Gasteiger charge is 2.13. The monoisotopic (exact) mass is 326 g/mol. The summed E-state index contributed by atoms with van der Waals surface area (Å²) in [6.07, 6.45) is 0. The molecule has 1 aromatic rings. The van der Waals surface area contributed by atoms with Crippen LogP contribution in [-0.2, 0) is 16.6 Å². The molecule has 0 aliphatic carbocycles. The molecule has 0 saturated carbocycles. The molecule has 0 aliphatic rings. The van der Waals surface area contributed by atoms with Crippen LogP contribution in [-0.4, -0.2) is 44.2 Å². The summed E-state index contributed by atoms with van der Waals surface area (Å²) in [5, 5.41) is 13.2. The van der Waals surface area contributed by atoms with Crippen molar-refractivity contribution in [2.45, 2.75) is 6.54 Å². The van der Waals surface area contributed by atoms with E-state index in [9.17, 15) is 13.5 Å². The van der Waals surface area contributed by atoms with Gasteiger partial charge in [0.1, 0.15) is 5.75 Å². The van der Waals surface area contributed by atoms with Gasteiger partial charge in [-0.25, -0.2) is 12.7 Å². The Labute approximate surface area is 123 Å². The average molecular weight is 327 g/mol. The topological polar surface area (TPSA) is 69.6 Å². The van der Waals surface area contributed by atoms with Crippen molar-refractivity contribution >= 4 is 33.2 Å².